The Labute approximate surface area is 63.2 Å². The van der Waals surface area contributed by atoms with E-state index in [2.05, 4.69) is 0 Å². The first kappa shape index (κ1) is 8.32. The van der Waals surface area contributed by atoms with E-state index in [-0.39, 0.29) is 5.76 Å². The van der Waals surface area contributed by atoms with Gasteiger partial charge in [-0.25, -0.2) is 0 Å². The monoisotopic (exact) mass is 162 g/mol. The molecule has 11 heavy (non-hydrogen) atoms. The summed E-state index contributed by atoms with van der Waals surface area (Å²) in [6.45, 7) is -0.393. The van der Waals surface area contributed by atoms with E-state index in [9.17, 15) is 0 Å². The lowest BCUT2D eigenvalue weighted by Crippen LogP contribution is -2.31. The van der Waals surface area contributed by atoms with E-state index in [1.165, 1.54) is 0 Å². The highest BCUT2D eigenvalue weighted by molar-refractivity contribution is 5.07. The standard InChI is InChI=1S/C6H10O5/c7-1-3-5(9)6(10)4(2-8)11-3/h1,4-10H,2H2/b3-1+/t4-,5+,6?/m1/s1. The van der Waals surface area contributed by atoms with Crippen LogP contribution in [0, 0.1) is 0 Å². The number of hydrogen-bond acceptors (Lipinski definition) is 5. The highest BCUT2D eigenvalue weighted by Gasteiger charge is 2.39. The van der Waals surface area contributed by atoms with Crippen molar-refractivity contribution in [2.45, 2.75) is 18.3 Å². The van der Waals surface area contributed by atoms with E-state index >= 15 is 0 Å². The van der Waals surface area contributed by atoms with Crippen LogP contribution in [0.2, 0.25) is 0 Å². The normalized spacial score (nSPS) is 41.0. The summed E-state index contributed by atoms with van der Waals surface area (Å²) in [5.41, 5.74) is 0. The zero-order valence-electron chi connectivity index (χ0n) is 5.71. The van der Waals surface area contributed by atoms with Crippen molar-refractivity contribution in [3.05, 3.63) is 12.0 Å². The molecule has 0 amide bonds. The summed E-state index contributed by atoms with van der Waals surface area (Å²) < 4.78 is 4.75. The number of aliphatic hydroxyl groups excluding tert-OH is 4. The molecule has 0 spiro atoms. The van der Waals surface area contributed by atoms with Gasteiger partial charge in [-0.15, -0.1) is 0 Å². The summed E-state index contributed by atoms with van der Waals surface area (Å²) >= 11 is 0. The third-order valence-corrected chi connectivity index (χ3v) is 1.59. The molecule has 4 N–H and O–H groups in total. The van der Waals surface area contributed by atoms with Crippen LogP contribution < -0.4 is 0 Å². The molecule has 5 heteroatoms. The van der Waals surface area contributed by atoms with Gasteiger partial charge in [0.15, 0.2) is 11.9 Å². The quantitative estimate of drug-likeness (QED) is 0.352. The van der Waals surface area contributed by atoms with Gasteiger partial charge in [0.25, 0.3) is 0 Å². The minimum Gasteiger partial charge on any atom is -0.512 e. The van der Waals surface area contributed by atoms with Crippen LogP contribution in [0.3, 0.4) is 0 Å². The van der Waals surface area contributed by atoms with Gasteiger partial charge in [-0.3, -0.25) is 0 Å². The van der Waals surface area contributed by atoms with Crippen molar-refractivity contribution in [2.75, 3.05) is 6.61 Å². The molecule has 1 heterocycles. The molecule has 64 valence electrons. The molecular weight excluding hydrogens is 152 g/mol. The third kappa shape index (κ3) is 1.30. The van der Waals surface area contributed by atoms with Crippen LogP contribution in [0.25, 0.3) is 0 Å². The van der Waals surface area contributed by atoms with Crippen molar-refractivity contribution in [2.24, 2.45) is 0 Å². The average Bonchev–Trinajstić information content (AvgIpc) is 2.30. The molecule has 5 nitrogen and oxygen atoms in total. The van der Waals surface area contributed by atoms with Crippen molar-refractivity contribution in [1.82, 2.24) is 0 Å². The molecule has 0 aromatic heterocycles. The van der Waals surface area contributed by atoms with Gasteiger partial charge in [-0.05, 0) is 0 Å². The molecule has 1 saturated heterocycles. The minimum absolute atomic E-state index is 0.114. The van der Waals surface area contributed by atoms with Crippen molar-refractivity contribution >= 4 is 0 Å². The SMILES string of the molecule is O/C=C1/O[C@H](CO)C(O)[C@H]1O. The zero-order chi connectivity index (χ0) is 8.43. The lowest BCUT2D eigenvalue weighted by atomic mass is 10.1. The smallest absolute Gasteiger partial charge is 0.162 e. The summed E-state index contributed by atoms with van der Waals surface area (Å²) in [5, 5.41) is 35.1. The van der Waals surface area contributed by atoms with Crippen LogP contribution in [-0.4, -0.2) is 45.3 Å². The predicted molar refractivity (Wildman–Crippen MR) is 34.7 cm³/mol. The van der Waals surface area contributed by atoms with Gasteiger partial charge in [0.2, 0.25) is 0 Å². The second-order valence-corrected chi connectivity index (χ2v) is 2.31. The molecule has 1 aliphatic heterocycles. The Balaban J connectivity index is 2.68. The molecule has 1 fully saturated rings. The molecular formula is C6H10O5. The van der Waals surface area contributed by atoms with Crippen molar-refractivity contribution < 1.29 is 25.2 Å². The summed E-state index contributed by atoms with van der Waals surface area (Å²) in [6, 6.07) is 0. The van der Waals surface area contributed by atoms with E-state index in [1.807, 2.05) is 0 Å². The summed E-state index contributed by atoms with van der Waals surface area (Å²) in [7, 11) is 0. The van der Waals surface area contributed by atoms with Crippen LogP contribution in [0.5, 0.6) is 0 Å². The molecule has 0 bridgehead atoms. The van der Waals surface area contributed by atoms with E-state index in [4.69, 9.17) is 25.2 Å². The molecule has 1 rings (SSSR count). The molecule has 1 aliphatic rings. The van der Waals surface area contributed by atoms with Crippen LogP contribution in [0.1, 0.15) is 0 Å². The number of aliphatic hydroxyl groups is 4. The lowest BCUT2D eigenvalue weighted by molar-refractivity contribution is -0.00302. The third-order valence-electron chi connectivity index (χ3n) is 1.59. The number of rotatable bonds is 1. The highest BCUT2D eigenvalue weighted by Crippen LogP contribution is 2.23. The Kier molecular flexibility index (Phi) is 2.33. The number of hydrogen-bond donors (Lipinski definition) is 4. The Morgan fingerprint density at radius 2 is 2.09 bits per heavy atom. The second kappa shape index (κ2) is 3.08. The van der Waals surface area contributed by atoms with Crippen molar-refractivity contribution in [3.63, 3.8) is 0 Å². The fraction of sp³-hybridized carbons (Fsp3) is 0.667. The maximum atomic E-state index is 9.07. The molecule has 0 aromatic rings. The Morgan fingerprint density at radius 1 is 1.45 bits per heavy atom. The minimum atomic E-state index is -1.24. The molecule has 0 radical (unpaired) electrons. The van der Waals surface area contributed by atoms with Crippen molar-refractivity contribution in [1.29, 1.82) is 0 Å². The Morgan fingerprint density at radius 3 is 2.36 bits per heavy atom. The van der Waals surface area contributed by atoms with E-state index in [0.29, 0.717) is 6.26 Å². The van der Waals surface area contributed by atoms with Gasteiger partial charge in [0, 0.05) is 0 Å². The fourth-order valence-corrected chi connectivity index (χ4v) is 0.938. The van der Waals surface area contributed by atoms with Crippen molar-refractivity contribution in [3.8, 4) is 0 Å². The average molecular weight is 162 g/mol. The summed E-state index contributed by atoms with van der Waals surface area (Å²) in [6.07, 6.45) is -2.68. The van der Waals surface area contributed by atoms with E-state index < -0.39 is 24.9 Å². The second-order valence-electron chi connectivity index (χ2n) is 2.31. The molecule has 0 aromatic carbocycles. The first-order chi connectivity index (χ1) is 5.20. The highest BCUT2D eigenvalue weighted by atomic mass is 16.5. The predicted octanol–water partition coefficient (Wildman–Crippen LogP) is -1.50. The topological polar surface area (TPSA) is 90.2 Å². The lowest BCUT2D eigenvalue weighted by Gasteiger charge is -2.09. The van der Waals surface area contributed by atoms with Crippen LogP contribution in [0.4, 0.5) is 0 Å². The summed E-state index contributed by atoms with van der Waals surface area (Å²) in [5.74, 6) is -0.114. The first-order valence-electron chi connectivity index (χ1n) is 3.18. The fourth-order valence-electron chi connectivity index (χ4n) is 0.938. The molecule has 1 unspecified atom stereocenters. The molecule has 0 aliphatic carbocycles. The van der Waals surface area contributed by atoms with Crippen LogP contribution in [-0.2, 0) is 4.74 Å². The van der Waals surface area contributed by atoms with Gasteiger partial charge in [-0.1, -0.05) is 0 Å². The molecule has 3 atom stereocenters. The van der Waals surface area contributed by atoms with Crippen LogP contribution in [0.15, 0.2) is 12.0 Å². The Hall–Kier alpha value is -0.780. The number of ether oxygens (including phenoxy) is 1. The van der Waals surface area contributed by atoms with Gasteiger partial charge >= 0.3 is 0 Å². The van der Waals surface area contributed by atoms with Crippen LogP contribution >= 0.6 is 0 Å². The van der Waals surface area contributed by atoms with Gasteiger partial charge in [-0.2, -0.15) is 0 Å². The van der Waals surface area contributed by atoms with Gasteiger partial charge in [0.05, 0.1) is 6.61 Å². The Bertz CT molecular complexity index is 166. The van der Waals surface area contributed by atoms with E-state index in [0.717, 1.165) is 0 Å². The van der Waals surface area contributed by atoms with Gasteiger partial charge in [0.1, 0.15) is 18.5 Å². The molecule has 0 saturated carbocycles. The largest absolute Gasteiger partial charge is 0.512 e. The maximum Gasteiger partial charge on any atom is 0.162 e. The van der Waals surface area contributed by atoms with E-state index in [1.54, 1.807) is 0 Å². The zero-order valence-corrected chi connectivity index (χ0v) is 5.71. The summed E-state index contributed by atoms with van der Waals surface area (Å²) in [4.78, 5) is 0. The maximum absolute atomic E-state index is 9.07. The van der Waals surface area contributed by atoms with Gasteiger partial charge < -0.3 is 25.2 Å². The first-order valence-corrected chi connectivity index (χ1v) is 3.18.